The van der Waals surface area contributed by atoms with Gasteiger partial charge in [0.15, 0.2) is 8.32 Å². The molecule has 2 bridgehead atoms. The molecule has 0 saturated carbocycles. The Bertz CT molecular complexity index is 695. The Morgan fingerprint density at radius 3 is 1.78 bits per heavy atom. The van der Waals surface area contributed by atoms with Gasteiger partial charge in [-0.3, -0.25) is 0 Å². The molecule has 1 fully saturated rings. The topological polar surface area (TPSA) is 9.23 Å². The summed E-state index contributed by atoms with van der Waals surface area (Å²) in [5, 5.41) is -0.00859. The second-order valence-electron chi connectivity index (χ2n) is 11.8. The van der Waals surface area contributed by atoms with Crippen molar-refractivity contribution >= 4 is 30.6 Å². The highest BCUT2D eigenvalue weighted by Gasteiger charge is 2.74. The van der Waals surface area contributed by atoms with E-state index in [4.69, 9.17) is 4.43 Å². The molecule has 150 valence electrons. The van der Waals surface area contributed by atoms with Crippen LogP contribution in [0.2, 0.25) is 64.5 Å². The third-order valence-electron chi connectivity index (χ3n) is 7.06. The first kappa shape index (κ1) is 21.5. The predicted octanol–water partition coefficient (Wildman–Crippen LogP) is 6.90. The van der Waals surface area contributed by atoms with Gasteiger partial charge in [0.25, 0.3) is 0 Å². The van der Waals surface area contributed by atoms with Gasteiger partial charge in [-0.1, -0.05) is 81.8 Å². The molecule has 3 atom stereocenters. The molecule has 1 saturated heterocycles. The molecule has 2 aliphatic heterocycles. The number of benzene rings is 1. The van der Waals surface area contributed by atoms with E-state index in [0.717, 1.165) is 5.54 Å². The molecule has 0 aromatic heterocycles. The number of hydrogen-bond donors (Lipinski definition) is 0. The zero-order chi connectivity index (χ0) is 20.3. The molecule has 1 aromatic carbocycles. The van der Waals surface area contributed by atoms with E-state index in [9.17, 15) is 0 Å². The van der Waals surface area contributed by atoms with Gasteiger partial charge in [0, 0.05) is 21.1 Å². The van der Waals surface area contributed by atoms with Gasteiger partial charge in [-0.2, -0.15) is 0 Å². The lowest BCUT2D eigenvalue weighted by molar-refractivity contribution is 0.0722. The quantitative estimate of drug-likeness (QED) is 0.363. The summed E-state index contributed by atoms with van der Waals surface area (Å²) in [6.45, 7) is 23.4. The zero-order valence-corrected chi connectivity index (χ0v) is 23.0. The number of rotatable bonds is 5. The van der Waals surface area contributed by atoms with Crippen LogP contribution in [0.25, 0.3) is 0 Å². The van der Waals surface area contributed by atoms with E-state index < -0.39 is 30.6 Å². The zero-order valence-electron chi connectivity index (χ0n) is 19.0. The van der Waals surface area contributed by atoms with Crippen molar-refractivity contribution in [2.45, 2.75) is 82.5 Å². The monoisotopic (exact) mass is 432 g/mol. The fraction of sp³-hybridized carbons (Fsp3) is 0.636. The Hall–Kier alpha value is -0.212. The van der Waals surface area contributed by atoms with Gasteiger partial charge >= 0.3 is 0 Å². The maximum atomic E-state index is 7.57. The standard InChI is InChI=1S/C22H40OSi4/c1-24(2,3)23-22(19-13-11-10-12-14-19)20-15-17-21(18-16-20)27(22,25(4,5)6)26(7,8)9/h10-15,17,20-21H,16,18H2,1-9H3/t20-,21+,22+/m1/s1. The minimum Gasteiger partial charge on any atom is -0.411 e. The number of allylic oxidation sites excluding steroid dienone is 1. The normalized spacial score (nSPS) is 30.6. The van der Waals surface area contributed by atoms with Crippen molar-refractivity contribution < 1.29 is 4.43 Å². The Balaban J connectivity index is 2.46. The lowest BCUT2D eigenvalue weighted by atomic mass is 9.85. The molecular weight excluding hydrogens is 393 g/mol. The molecule has 5 heteroatoms. The summed E-state index contributed by atoms with van der Waals surface area (Å²) in [4.78, 5) is 0. The van der Waals surface area contributed by atoms with Crippen LogP contribution in [0.4, 0.5) is 0 Å². The maximum Gasteiger partial charge on any atom is 0.184 e. The lowest BCUT2D eigenvalue weighted by Gasteiger charge is -2.70. The summed E-state index contributed by atoms with van der Waals surface area (Å²) in [5.74, 6) is 0.571. The highest BCUT2D eigenvalue weighted by molar-refractivity contribution is 7.70. The van der Waals surface area contributed by atoms with Crippen LogP contribution < -0.4 is 0 Å². The number of hydrogen-bond acceptors (Lipinski definition) is 1. The first-order chi connectivity index (χ1) is 12.3. The molecule has 0 unspecified atom stereocenters. The molecule has 27 heavy (non-hydrogen) atoms. The highest BCUT2D eigenvalue weighted by Crippen LogP contribution is 2.64. The second kappa shape index (κ2) is 6.66. The largest absolute Gasteiger partial charge is 0.411 e. The van der Waals surface area contributed by atoms with E-state index in [2.05, 4.69) is 101 Å². The first-order valence-corrected chi connectivity index (χ1v) is 25.2. The summed E-state index contributed by atoms with van der Waals surface area (Å²) in [5.41, 5.74) is 2.32. The van der Waals surface area contributed by atoms with Crippen LogP contribution in [-0.2, 0) is 9.65 Å². The predicted molar refractivity (Wildman–Crippen MR) is 131 cm³/mol. The van der Waals surface area contributed by atoms with Gasteiger partial charge in [-0.05, 0) is 43.6 Å². The fourth-order valence-corrected chi connectivity index (χ4v) is 64.5. The SMILES string of the molecule is C[Si](C)(C)O[C@]1(c2ccccc2)[C@@H]2C=C[C@@H](CC2)[Si]1([Si](C)(C)C)[Si](C)(C)C. The highest BCUT2D eigenvalue weighted by atomic mass is 29.6. The van der Waals surface area contributed by atoms with Crippen molar-refractivity contribution in [3.05, 3.63) is 48.0 Å². The summed E-state index contributed by atoms with van der Waals surface area (Å²) >= 11 is 0. The van der Waals surface area contributed by atoms with Crippen LogP contribution in [0.3, 0.4) is 0 Å². The van der Waals surface area contributed by atoms with Crippen LogP contribution in [0.5, 0.6) is 0 Å². The minimum atomic E-state index is -1.79. The summed E-state index contributed by atoms with van der Waals surface area (Å²) < 4.78 is 7.57. The van der Waals surface area contributed by atoms with Gasteiger partial charge in [-0.25, -0.2) is 0 Å². The molecule has 1 aliphatic carbocycles. The average Bonchev–Trinajstić information content (AvgIpc) is 2.52. The van der Waals surface area contributed by atoms with Crippen LogP contribution in [0, 0.1) is 5.92 Å². The Morgan fingerprint density at radius 1 is 0.815 bits per heavy atom. The molecule has 1 nitrogen and oxygen atoms in total. The third-order valence-corrected chi connectivity index (χ3v) is 48.6. The number of fused-ring (bicyclic) bond motifs is 2. The van der Waals surface area contributed by atoms with E-state index in [1.807, 2.05) is 0 Å². The molecule has 4 rings (SSSR count). The van der Waals surface area contributed by atoms with E-state index in [-0.39, 0.29) is 5.22 Å². The van der Waals surface area contributed by atoms with Crippen molar-refractivity contribution in [1.29, 1.82) is 0 Å². The smallest absolute Gasteiger partial charge is 0.184 e. The summed E-state index contributed by atoms with van der Waals surface area (Å²) in [6, 6.07) is 11.5. The average molecular weight is 433 g/mol. The maximum absolute atomic E-state index is 7.57. The van der Waals surface area contributed by atoms with Crippen molar-refractivity contribution in [1.82, 2.24) is 0 Å². The molecule has 3 aliphatic rings. The van der Waals surface area contributed by atoms with Crippen LogP contribution in [-0.4, -0.2) is 30.6 Å². The van der Waals surface area contributed by atoms with Gasteiger partial charge in [0.05, 0.1) is 12.3 Å². The van der Waals surface area contributed by atoms with E-state index >= 15 is 0 Å². The lowest BCUT2D eigenvalue weighted by Crippen LogP contribution is -2.87. The van der Waals surface area contributed by atoms with Crippen molar-refractivity contribution in [2.75, 3.05) is 0 Å². The van der Waals surface area contributed by atoms with Crippen LogP contribution >= 0.6 is 0 Å². The molecular formula is C22H40OSi4. The first-order valence-electron chi connectivity index (χ1n) is 10.7. The van der Waals surface area contributed by atoms with Gasteiger partial charge in [0.2, 0.25) is 0 Å². The summed E-state index contributed by atoms with van der Waals surface area (Å²) in [6.07, 6.45) is 7.97. The third kappa shape index (κ3) is 3.08. The van der Waals surface area contributed by atoms with Gasteiger partial charge < -0.3 is 4.43 Å². The Kier molecular flexibility index (Phi) is 5.30. The molecule has 0 spiro atoms. The minimum absolute atomic E-state index is 0.00859. The van der Waals surface area contributed by atoms with Gasteiger partial charge in [-0.15, -0.1) is 0 Å². The second-order valence-corrected chi connectivity index (χ2v) is 43.6. The fourth-order valence-electron chi connectivity index (χ4n) is 7.26. The van der Waals surface area contributed by atoms with Crippen LogP contribution in [0.15, 0.2) is 42.5 Å². The van der Waals surface area contributed by atoms with Crippen LogP contribution in [0.1, 0.15) is 18.4 Å². The molecule has 1 aromatic rings. The van der Waals surface area contributed by atoms with E-state index in [0.29, 0.717) is 5.92 Å². The van der Waals surface area contributed by atoms with Crippen molar-refractivity contribution in [2.24, 2.45) is 5.92 Å². The van der Waals surface area contributed by atoms with Gasteiger partial charge in [0.1, 0.15) is 0 Å². The van der Waals surface area contributed by atoms with E-state index in [1.165, 1.54) is 18.4 Å². The van der Waals surface area contributed by atoms with Crippen molar-refractivity contribution in [3.8, 4) is 0 Å². The summed E-state index contributed by atoms with van der Waals surface area (Å²) in [7, 11) is -6.46. The molecule has 0 radical (unpaired) electrons. The van der Waals surface area contributed by atoms with Crippen molar-refractivity contribution in [3.63, 3.8) is 0 Å². The molecule has 2 heterocycles. The Morgan fingerprint density at radius 2 is 1.37 bits per heavy atom. The molecule has 0 amide bonds. The molecule has 0 N–H and O–H groups in total. The van der Waals surface area contributed by atoms with E-state index in [1.54, 1.807) is 0 Å². The Labute approximate surface area is 171 Å².